The lowest BCUT2D eigenvalue weighted by Gasteiger charge is -2.34. The number of carbonyl (C=O) groups excluding carboxylic acids is 1. The molecule has 4 heteroatoms. The van der Waals surface area contributed by atoms with Gasteiger partial charge >= 0.3 is 0 Å². The van der Waals surface area contributed by atoms with Crippen LogP contribution in [-0.4, -0.2) is 25.0 Å². The van der Waals surface area contributed by atoms with Gasteiger partial charge in [-0.2, -0.15) is 0 Å². The quantitative estimate of drug-likeness (QED) is 0.824. The highest BCUT2D eigenvalue weighted by atomic mass is 19.1. The number of anilines is 1. The first-order valence-corrected chi connectivity index (χ1v) is 6.43. The van der Waals surface area contributed by atoms with E-state index in [-0.39, 0.29) is 17.8 Å². The largest absolute Gasteiger partial charge is 0.367 e. The van der Waals surface area contributed by atoms with E-state index in [1.54, 1.807) is 19.1 Å². The summed E-state index contributed by atoms with van der Waals surface area (Å²) in [6.45, 7) is 3.07. The summed E-state index contributed by atoms with van der Waals surface area (Å²) in [4.78, 5) is 13.4. The SMILES string of the molecule is CC#CC(=O)NC1CCCN(c2ccccc2F)C1. The molecule has 0 bridgehead atoms. The third kappa shape index (κ3) is 3.47. The predicted octanol–water partition coefficient (Wildman–Crippen LogP) is 1.93. The van der Waals surface area contributed by atoms with Crippen molar-refractivity contribution in [1.29, 1.82) is 0 Å². The zero-order chi connectivity index (χ0) is 13.7. The van der Waals surface area contributed by atoms with Crippen LogP contribution in [0.25, 0.3) is 0 Å². The van der Waals surface area contributed by atoms with Gasteiger partial charge in [-0.25, -0.2) is 4.39 Å². The molecule has 0 spiro atoms. The van der Waals surface area contributed by atoms with Crippen molar-refractivity contribution in [3.8, 4) is 11.8 Å². The molecule has 0 aliphatic carbocycles. The molecule has 100 valence electrons. The highest BCUT2D eigenvalue weighted by Crippen LogP contribution is 2.22. The van der Waals surface area contributed by atoms with E-state index in [4.69, 9.17) is 0 Å². The predicted molar refractivity (Wildman–Crippen MR) is 73.2 cm³/mol. The third-order valence-corrected chi connectivity index (χ3v) is 3.19. The van der Waals surface area contributed by atoms with Gasteiger partial charge in [0, 0.05) is 19.1 Å². The summed E-state index contributed by atoms with van der Waals surface area (Å²) in [5.74, 6) is 4.56. The van der Waals surface area contributed by atoms with Crippen molar-refractivity contribution in [1.82, 2.24) is 5.32 Å². The van der Waals surface area contributed by atoms with Crippen molar-refractivity contribution < 1.29 is 9.18 Å². The molecule has 1 fully saturated rings. The normalized spacial score (nSPS) is 18.4. The zero-order valence-corrected chi connectivity index (χ0v) is 10.9. The van der Waals surface area contributed by atoms with E-state index >= 15 is 0 Å². The van der Waals surface area contributed by atoms with E-state index in [0.717, 1.165) is 19.4 Å². The number of piperidine rings is 1. The molecule has 1 unspecified atom stereocenters. The number of para-hydroxylation sites is 1. The Balaban J connectivity index is 2.03. The van der Waals surface area contributed by atoms with Crippen LogP contribution in [0.3, 0.4) is 0 Å². The molecular weight excluding hydrogens is 243 g/mol. The number of carbonyl (C=O) groups is 1. The summed E-state index contributed by atoms with van der Waals surface area (Å²) in [5, 5.41) is 2.86. The number of hydrogen-bond acceptors (Lipinski definition) is 2. The minimum atomic E-state index is -0.261. The van der Waals surface area contributed by atoms with Gasteiger partial charge in [0.1, 0.15) is 5.82 Å². The summed E-state index contributed by atoms with van der Waals surface area (Å²) < 4.78 is 13.7. The van der Waals surface area contributed by atoms with Gasteiger partial charge in [-0.05, 0) is 37.8 Å². The topological polar surface area (TPSA) is 32.3 Å². The van der Waals surface area contributed by atoms with Crippen molar-refractivity contribution in [3.05, 3.63) is 30.1 Å². The number of amides is 1. The van der Waals surface area contributed by atoms with Gasteiger partial charge in [-0.3, -0.25) is 4.79 Å². The molecule has 1 aromatic rings. The fraction of sp³-hybridized carbons (Fsp3) is 0.400. The summed E-state index contributed by atoms with van der Waals surface area (Å²) in [6, 6.07) is 6.76. The van der Waals surface area contributed by atoms with Crippen LogP contribution in [0.2, 0.25) is 0 Å². The maximum absolute atomic E-state index is 13.7. The van der Waals surface area contributed by atoms with Crippen LogP contribution >= 0.6 is 0 Å². The Labute approximate surface area is 112 Å². The highest BCUT2D eigenvalue weighted by molar-refractivity contribution is 5.93. The smallest absolute Gasteiger partial charge is 0.296 e. The van der Waals surface area contributed by atoms with E-state index in [1.165, 1.54) is 6.07 Å². The van der Waals surface area contributed by atoms with Gasteiger partial charge in [0.05, 0.1) is 5.69 Å². The summed E-state index contributed by atoms with van der Waals surface area (Å²) >= 11 is 0. The van der Waals surface area contributed by atoms with Crippen LogP contribution in [0, 0.1) is 17.7 Å². The van der Waals surface area contributed by atoms with E-state index in [0.29, 0.717) is 12.2 Å². The average Bonchev–Trinajstić information content (AvgIpc) is 2.40. The van der Waals surface area contributed by atoms with E-state index in [9.17, 15) is 9.18 Å². The number of nitrogens with one attached hydrogen (secondary N) is 1. The Bertz CT molecular complexity index is 518. The molecule has 0 radical (unpaired) electrons. The summed E-state index contributed by atoms with van der Waals surface area (Å²) in [7, 11) is 0. The van der Waals surface area contributed by atoms with Gasteiger partial charge in [-0.1, -0.05) is 18.1 Å². The maximum Gasteiger partial charge on any atom is 0.296 e. The third-order valence-electron chi connectivity index (χ3n) is 3.19. The molecule has 1 atom stereocenters. The molecule has 1 aliphatic heterocycles. The van der Waals surface area contributed by atoms with Crippen molar-refractivity contribution in [2.75, 3.05) is 18.0 Å². The van der Waals surface area contributed by atoms with Crippen LogP contribution in [0.5, 0.6) is 0 Å². The fourth-order valence-electron chi connectivity index (χ4n) is 2.36. The molecule has 19 heavy (non-hydrogen) atoms. The lowest BCUT2D eigenvalue weighted by Crippen LogP contribution is -2.47. The van der Waals surface area contributed by atoms with Crippen molar-refractivity contribution in [2.24, 2.45) is 0 Å². The molecule has 0 saturated carbocycles. The minimum Gasteiger partial charge on any atom is -0.367 e. The first-order chi connectivity index (χ1) is 9.20. The number of benzene rings is 1. The lowest BCUT2D eigenvalue weighted by molar-refractivity contribution is -0.116. The Morgan fingerprint density at radius 3 is 3.00 bits per heavy atom. The number of halogens is 1. The van der Waals surface area contributed by atoms with Gasteiger partial charge in [-0.15, -0.1) is 0 Å². The van der Waals surface area contributed by atoms with Crippen molar-refractivity contribution in [3.63, 3.8) is 0 Å². The molecule has 1 aromatic carbocycles. The van der Waals surface area contributed by atoms with Crippen LogP contribution in [0.4, 0.5) is 10.1 Å². The number of rotatable bonds is 2. The minimum absolute atomic E-state index is 0.0294. The lowest BCUT2D eigenvalue weighted by atomic mass is 10.0. The van der Waals surface area contributed by atoms with Crippen LogP contribution in [0.1, 0.15) is 19.8 Å². The van der Waals surface area contributed by atoms with Crippen LogP contribution in [-0.2, 0) is 4.79 Å². The molecule has 1 N–H and O–H groups in total. The molecule has 1 aliphatic rings. The average molecular weight is 260 g/mol. The van der Waals surface area contributed by atoms with Crippen molar-refractivity contribution >= 4 is 11.6 Å². The van der Waals surface area contributed by atoms with Gasteiger partial charge in [0.2, 0.25) is 0 Å². The fourth-order valence-corrected chi connectivity index (χ4v) is 2.36. The summed E-state index contributed by atoms with van der Waals surface area (Å²) in [5.41, 5.74) is 0.600. The maximum atomic E-state index is 13.7. The van der Waals surface area contributed by atoms with E-state index in [1.807, 2.05) is 11.0 Å². The van der Waals surface area contributed by atoms with E-state index < -0.39 is 0 Å². The molecular formula is C15H17FN2O. The number of nitrogens with zero attached hydrogens (tertiary/aromatic N) is 1. The molecule has 1 heterocycles. The van der Waals surface area contributed by atoms with Gasteiger partial charge in [0.15, 0.2) is 0 Å². The number of hydrogen-bond donors (Lipinski definition) is 1. The monoisotopic (exact) mass is 260 g/mol. The molecule has 3 nitrogen and oxygen atoms in total. The first kappa shape index (κ1) is 13.4. The molecule has 1 amide bonds. The van der Waals surface area contributed by atoms with Gasteiger partial charge in [0.25, 0.3) is 5.91 Å². The molecule has 2 rings (SSSR count). The molecule has 1 saturated heterocycles. The van der Waals surface area contributed by atoms with Crippen LogP contribution in [0.15, 0.2) is 24.3 Å². The highest BCUT2D eigenvalue weighted by Gasteiger charge is 2.22. The Morgan fingerprint density at radius 1 is 1.47 bits per heavy atom. The van der Waals surface area contributed by atoms with E-state index in [2.05, 4.69) is 17.2 Å². The summed E-state index contributed by atoms with van der Waals surface area (Å²) in [6.07, 6.45) is 1.83. The second-order valence-corrected chi connectivity index (χ2v) is 4.59. The Morgan fingerprint density at radius 2 is 2.26 bits per heavy atom. The standard InChI is InChI=1S/C15H17FN2O/c1-2-6-15(19)17-12-7-5-10-18(11-12)14-9-4-3-8-13(14)16/h3-4,8-9,12H,5,7,10-11H2,1H3,(H,17,19). The second kappa shape index (κ2) is 6.24. The van der Waals surface area contributed by atoms with Gasteiger partial charge < -0.3 is 10.2 Å². The Hall–Kier alpha value is -2.02. The van der Waals surface area contributed by atoms with Crippen LogP contribution < -0.4 is 10.2 Å². The first-order valence-electron chi connectivity index (χ1n) is 6.43. The zero-order valence-electron chi connectivity index (χ0n) is 10.9. The Kier molecular flexibility index (Phi) is 4.40. The second-order valence-electron chi connectivity index (χ2n) is 4.59. The molecule has 0 aromatic heterocycles. The van der Waals surface area contributed by atoms with Crippen molar-refractivity contribution in [2.45, 2.75) is 25.8 Å².